The molecule has 44 heavy (non-hydrogen) atoms. The van der Waals surface area contributed by atoms with Crippen molar-refractivity contribution in [3.63, 3.8) is 0 Å². The molecule has 0 radical (unpaired) electrons. The molecule has 21 heteroatoms. The SMILES string of the molecule is Nc1ncnc2c1ncn2[C@@H]1C[C@@H]2COP(=O)(S)O[C@@H]3C[C@@H](COP(=O)(S)OC[C@H]21)O[C@H]3n1cnc2c1ncn1ccnc21. The first-order valence-electron chi connectivity index (χ1n) is 13.7. The summed E-state index contributed by atoms with van der Waals surface area (Å²) in [6, 6.07) is -0.156. The van der Waals surface area contributed by atoms with Crippen LogP contribution >= 0.6 is 38.1 Å². The van der Waals surface area contributed by atoms with Gasteiger partial charge in [-0.15, -0.1) is 0 Å². The Morgan fingerprint density at radius 2 is 1.59 bits per heavy atom. The molecule has 1 aliphatic carbocycles. The lowest BCUT2D eigenvalue weighted by molar-refractivity contribution is -0.0426. The summed E-state index contributed by atoms with van der Waals surface area (Å²) in [4.78, 5) is 26.0. The largest absolute Gasteiger partial charge is 0.386 e. The molecule has 232 valence electrons. The monoisotopic (exact) mass is 680 g/mol. The highest BCUT2D eigenvalue weighted by atomic mass is 32.7. The molecule has 2 saturated heterocycles. The van der Waals surface area contributed by atoms with E-state index in [1.165, 1.54) is 6.33 Å². The van der Waals surface area contributed by atoms with Crippen molar-refractivity contribution < 1.29 is 32.0 Å². The molecular formula is C23H26N10O7P2S2. The number of ether oxygens (including phenoxy) is 1. The predicted molar refractivity (Wildman–Crippen MR) is 161 cm³/mol. The zero-order valence-electron chi connectivity index (χ0n) is 22.7. The lowest BCUT2D eigenvalue weighted by Gasteiger charge is -2.45. The van der Waals surface area contributed by atoms with Crippen molar-refractivity contribution in [3.8, 4) is 0 Å². The highest BCUT2D eigenvalue weighted by molar-refractivity contribution is 8.44. The van der Waals surface area contributed by atoms with Crippen molar-refractivity contribution in [2.45, 2.75) is 37.3 Å². The maximum Gasteiger partial charge on any atom is 0.386 e. The Morgan fingerprint density at radius 1 is 0.818 bits per heavy atom. The maximum absolute atomic E-state index is 13.6. The van der Waals surface area contributed by atoms with E-state index in [1.54, 1.807) is 40.3 Å². The second-order valence-electron chi connectivity index (χ2n) is 10.9. The number of hydrogen-bond acceptors (Lipinski definition) is 14. The summed E-state index contributed by atoms with van der Waals surface area (Å²) in [5.41, 5.74) is 8.66. The van der Waals surface area contributed by atoms with Crippen molar-refractivity contribution in [1.29, 1.82) is 0 Å². The van der Waals surface area contributed by atoms with Crippen LogP contribution in [0.1, 0.15) is 25.1 Å². The van der Waals surface area contributed by atoms with Gasteiger partial charge in [0.1, 0.15) is 24.3 Å². The molecule has 2 N–H and O–H groups in total. The zero-order valence-corrected chi connectivity index (χ0v) is 26.3. The third-order valence-corrected chi connectivity index (χ3v) is 11.6. The molecule has 3 aliphatic rings. The molecule has 8 rings (SSSR count). The first-order valence-corrected chi connectivity index (χ1v) is 19.1. The molecule has 8 atom stereocenters. The van der Waals surface area contributed by atoms with Crippen LogP contribution in [0.5, 0.6) is 0 Å². The Hall–Kier alpha value is -2.60. The van der Waals surface area contributed by atoms with Crippen LogP contribution in [0.3, 0.4) is 0 Å². The topological polar surface area (TPSA) is 198 Å². The average Bonchev–Trinajstić information content (AvgIpc) is 3.76. The third kappa shape index (κ3) is 5.04. The Labute approximate surface area is 259 Å². The summed E-state index contributed by atoms with van der Waals surface area (Å²) in [6.07, 6.45) is 8.17. The van der Waals surface area contributed by atoms with Gasteiger partial charge < -0.3 is 24.1 Å². The van der Waals surface area contributed by atoms with Crippen LogP contribution in [0.4, 0.5) is 5.82 Å². The molecule has 1 saturated carbocycles. The van der Waals surface area contributed by atoms with Gasteiger partial charge in [0.15, 0.2) is 34.5 Å². The van der Waals surface area contributed by atoms with Crippen molar-refractivity contribution in [2.75, 3.05) is 25.6 Å². The second-order valence-corrected chi connectivity index (χ2v) is 16.7. The molecule has 0 aromatic carbocycles. The Balaban J connectivity index is 1.07. The number of aromatic nitrogens is 9. The minimum atomic E-state index is -3.88. The van der Waals surface area contributed by atoms with Crippen molar-refractivity contribution in [2.24, 2.45) is 11.8 Å². The highest BCUT2D eigenvalue weighted by Crippen LogP contribution is 2.60. The highest BCUT2D eigenvalue weighted by Gasteiger charge is 2.47. The van der Waals surface area contributed by atoms with Gasteiger partial charge in [-0.25, -0.2) is 39.0 Å². The van der Waals surface area contributed by atoms with Crippen LogP contribution in [0.2, 0.25) is 0 Å². The lowest BCUT2D eigenvalue weighted by atomic mass is 9.70. The average molecular weight is 681 g/mol. The Morgan fingerprint density at radius 3 is 2.48 bits per heavy atom. The fraction of sp³-hybridized carbons (Fsp3) is 0.478. The second kappa shape index (κ2) is 10.7. The Kier molecular flexibility index (Phi) is 7.04. The molecule has 5 aromatic heterocycles. The molecule has 17 nitrogen and oxygen atoms in total. The number of thiol groups is 2. The molecule has 0 amide bonds. The molecule has 3 fully saturated rings. The van der Waals surface area contributed by atoms with Gasteiger partial charge in [-0.2, -0.15) is 0 Å². The number of nitrogens with two attached hydrogens (primary N) is 1. The number of rotatable bonds is 2. The summed E-state index contributed by atoms with van der Waals surface area (Å²) >= 11 is 8.54. The normalized spacial score (nSPS) is 35.0. The number of hydrogen-bond donors (Lipinski definition) is 3. The standard InChI is InChI=1S/C23H26N10O7P2S2/c24-19-17-21(27-8-26-19)32(10-28-17)15-3-12-5-36-42(35,44)40-16-4-13(6-37-41(34,43)38-7-14(12)15)39-23(16)33-11-29-18-20-25-1-2-31(20)9-30-22(18)33/h1-2,8-16,23H,3-7H2,(H,34,43)(H,35,44)(H2,24,26,27)/t12-,13+,14-,15-,16-,23-,41?,42?/m1/s1. The minimum absolute atomic E-state index is 0.0170. The van der Waals surface area contributed by atoms with Gasteiger partial charge >= 0.3 is 13.6 Å². The van der Waals surface area contributed by atoms with E-state index in [9.17, 15) is 9.13 Å². The van der Waals surface area contributed by atoms with Crippen LogP contribution < -0.4 is 5.73 Å². The Bertz CT molecular complexity index is 1990. The van der Waals surface area contributed by atoms with Gasteiger partial charge in [-0.3, -0.25) is 18.0 Å². The van der Waals surface area contributed by atoms with E-state index in [2.05, 4.69) is 54.4 Å². The van der Waals surface area contributed by atoms with Gasteiger partial charge in [0, 0.05) is 30.8 Å². The van der Waals surface area contributed by atoms with Crippen molar-refractivity contribution in [1.82, 2.24) is 43.4 Å². The first kappa shape index (κ1) is 28.8. The molecule has 2 unspecified atom stereocenters. The quantitative estimate of drug-likeness (QED) is 0.181. The molecule has 5 aromatic rings. The van der Waals surface area contributed by atoms with Crippen LogP contribution in [-0.2, 0) is 32.0 Å². The smallest absolute Gasteiger partial charge is 0.382 e. The van der Waals surface area contributed by atoms with E-state index in [-0.39, 0.29) is 49.9 Å². The van der Waals surface area contributed by atoms with Gasteiger partial charge in [-0.05, 0) is 12.3 Å². The predicted octanol–water partition coefficient (Wildman–Crippen LogP) is 3.49. The van der Waals surface area contributed by atoms with Gasteiger partial charge in [0.2, 0.25) is 0 Å². The number of nitrogens with zero attached hydrogens (tertiary/aromatic N) is 9. The number of fused-ring (bicyclic) bond motifs is 7. The number of nitrogen functional groups attached to an aromatic ring is 1. The number of anilines is 1. The third-order valence-electron chi connectivity index (χ3n) is 8.33. The first-order chi connectivity index (χ1) is 21.2. The molecule has 2 bridgehead atoms. The fourth-order valence-corrected chi connectivity index (χ4v) is 8.86. The van der Waals surface area contributed by atoms with Crippen LogP contribution in [-0.4, -0.2) is 75.5 Å². The van der Waals surface area contributed by atoms with Gasteiger partial charge in [-0.1, -0.05) is 24.5 Å². The molecule has 7 heterocycles. The summed E-state index contributed by atoms with van der Waals surface area (Å²) in [5, 5.41) is 0. The van der Waals surface area contributed by atoms with Crippen LogP contribution in [0.25, 0.3) is 28.0 Å². The van der Waals surface area contributed by atoms with E-state index >= 15 is 0 Å². The van der Waals surface area contributed by atoms with Crippen LogP contribution in [0, 0.1) is 11.8 Å². The van der Waals surface area contributed by atoms with Crippen LogP contribution in [0.15, 0.2) is 37.7 Å². The molecular weight excluding hydrogens is 654 g/mol. The summed E-state index contributed by atoms with van der Waals surface area (Å²) in [6.45, 7) is -7.75. The zero-order chi connectivity index (χ0) is 30.2. The number of imidazole rings is 3. The van der Waals surface area contributed by atoms with Gasteiger partial charge in [0.05, 0.1) is 38.6 Å². The van der Waals surface area contributed by atoms with Crippen molar-refractivity contribution in [3.05, 3.63) is 37.7 Å². The summed E-state index contributed by atoms with van der Waals surface area (Å²) in [5.74, 6) is -0.132. The van der Waals surface area contributed by atoms with E-state index in [0.29, 0.717) is 34.4 Å². The van der Waals surface area contributed by atoms with E-state index in [4.69, 9.17) is 28.6 Å². The van der Waals surface area contributed by atoms with E-state index < -0.39 is 32.0 Å². The summed E-state index contributed by atoms with van der Waals surface area (Å²) in [7, 11) is 0. The van der Waals surface area contributed by atoms with Crippen molar-refractivity contribution >= 4 is 71.9 Å². The fourth-order valence-electron chi connectivity index (χ4n) is 6.13. The van der Waals surface area contributed by atoms with Gasteiger partial charge in [0.25, 0.3) is 0 Å². The maximum atomic E-state index is 13.6. The minimum Gasteiger partial charge on any atom is -0.382 e. The van der Waals surface area contributed by atoms with E-state index in [0.717, 1.165) is 0 Å². The molecule has 0 spiro atoms. The van der Waals surface area contributed by atoms with E-state index in [1.807, 2.05) is 4.57 Å². The summed E-state index contributed by atoms with van der Waals surface area (Å²) < 4.78 is 61.7. The lowest BCUT2D eigenvalue weighted by Crippen LogP contribution is -2.43. The molecule has 2 aliphatic heterocycles.